The second-order valence-electron chi connectivity index (χ2n) is 7.17. The molecule has 2 aromatic carbocycles. The first kappa shape index (κ1) is 25.1. The molecule has 0 spiro atoms. The summed E-state index contributed by atoms with van der Waals surface area (Å²) in [6, 6.07) is 12.0. The fourth-order valence-corrected chi connectivity index (χ4v) is 3.91. The predicted molar refractivity (Wildman–Crippen MR) is 119 cm³/mol. The largest absolute Gasteiger partial charge is 0.480 e. The molecule has 0 fully saturated rings. The predicted octanol–water partition coefficient (Wildman–Crippen LogP) is 1.43. The van der Waals surface area contributed by atoms with Crippen LogP contribution in [0.25, 0.3) is 0 Å². The van der Waals surface area contributed by atoms with Gasteiger partial charge in [0, 0.05) is 26.1 Å². The monoisotopic (exact) mass is 458 g/mol. The van der Waals surface area contributed by atoms with E-state index in [4.69, 9.17) is 4.74 Å². The number of benzene rings is 2. The number of rotatable bonds is 9. The zero-order valence-electron chi connectivity index (χ0n) is 18.2. The Bertz CT molecular complexity index is 1100. The quantitative estimate of drug-likeness (QED) is 0.550. The van der Waals surface area contributed by atoms with E-state index in [2.05, 4.69) is 17.2 Å². The van der Waals surface area contributed by atoms with Crippen LogP contribution in [0.4, 0.5) is 0 Å². The van der Waals surface area contributed by atoms with Gasteiger partial charge in [-0.05, 0) is 36.8 Å². The molecule has 2 N–H and O–H groups in total. The van der Waals surface area contributed by atoms with Gasteiger partial charge in [-0.3, -0.25) is 4.79 Å². The van der Waals surface area contributed by atoms with Crippen molar-refractivity contribution in [2.24, 2.45) is 0 Å². The van der Waals surface area contributed by atoms with E-state index in [0.29, 0.717) is 12.2 Å². The summed E-state index contributed by atoms with van der Waals surface area (Å²) < 4.78 is 31.0. The van der Waals surface area contributed by atoms with E-state index in [0.717, 1.165) is 15.4 Å². The van der Waals surface area contributed by atoms with Crippen LogP contribution in [0.5, 0.6) is 0 Å². The molecular formula is C23H26N2O6S. The highest BCUT2D eigenvalue weighted by Crippen LogP contribution is 2.15. The molecule has 2 aromatic rings. The SMILES string of the molecule is COCC#Cc1ccc(CC(NC(=O)CN(C)S(=O)(=O)c2ccc(C)cc2)C(=O)O)cc1. The molecule has 0 aliphatic rings. The van der Waals surface area contributed by atoms with Gasteiger partial charge in [0.05, 0.1) is 11.4 Å². The Kier molecular flexibility index (Phi) is 8.96. The van der Waals surface area contributed by atoms with Crippen LogP contribution in [-0.4, -0.2) is 63.1 Å². The minimum absolute atomic E-state index is 0.0429. The zero-order chi connectivity index (χ0) is 23.7. The van der Waals surface area contributed by atoms with Crippen LogP contribution in [0.2, 0.25) is 0 Å². The molecule has 0 bridgehead atoms. The molecule has 9 heteroatoms. The maximum absolute atomic E-state index is 12.6. The van der Waals surface area contributed by atoms with Gasteiger partial charge in [-0.2, -0.15) is 4.31 Å². The van der Waals surface area contributed by atoms with Gasteiger partial charge in [0.15, 0.2) is 0 Å². The lowest BCUT2D eigenvalue weighted by molar-refractivity contribution is -0.141. The number of hydrogen-bond donors (Lipinski definition) is 2. The summed E-state index contributed by atoms with van der Waals surface area (Å²) in [5, 5.41) is 11.9. The van der Waals surface area contributed by atoms with Gasteiger partial charge in [0.2, 0.25) is 15.9 Å². The first-order chi connectivity index (χ1) is 15.1. The van der Waals surface area contributed by atoms with Gasteiger partial charge in [0.1, 0.15) is 12.6 Å². The highest BCUT2D eigenvalue weighted by Gasteiger charge is 2.26. The van der Waals surface area contributed by atoms with Crippen molar-refractivity contribution in [1.82, 2.24) is 9.62 Å². The third kappa shape index (κ3) is 7.20. The Morgan fingerprint density at radius 3 is 2.31 bits per heavy atom. The van der Waals surface area contributed by atoms with Crippen molar-refractivity contribution < 1.29 is 27.9 Å². The normalized spacial score (nSPS) is 12.0. The molecule has 32 heavy (non-hydrogen) atoms. The number of hydrogen-bond acceptors (Lipinski definition) is 5. The molecule has 0 heterocycles. The number of amides is 1. The topological polar surface area (TPSA) is 113 Å². The third-order valence-corrected chi connectivity index (χ3v) is 6.39. The number of carboxylic acids is 1. The van der Waals surface area contributed by atoms with Crippen molar-refractivity contribution >= 4 is 21.9 Å². The average molecular weight is 459 g/mol. The van der Waals surface area contributed by atoms with E-state index in [9.17, 15) is 23.1 Å². The number of likely N-dealkylation sites (N-methyl/N-ethyl adjacent to an activating group) is 1. The minimum Gasteiger partial charge on any atom is -0.480 e. The molecule has 1 amide bonds. The van der Waals surface area contributed by atoms with Crippen molar-refractivity contribution in [3.8, 4) is 11.8 Å². The number of carbonyl (C=O) groups excluding carboxylic acids is 1. The molecule has 1 unspecified atom stereocenters. The lowest BCUT2D eigenvalue weighted by Crippen LogP contribution is -2.46. The van der Waals surface area contributed by atoms with Crippen LogP contribution >= 0.6 is 0 Å². The highest BCUT2D eigenvalue weighted by molar-refractivity contribution is 7.89. The van der Waals surface area contributed by atoms with Crippen LogP contribution in [0.3, 0.4) is 0 Å². The van der Waals surface area contributed by atoms with E-state index >= 15 is 0 Å². The summed E-state index contributed by atoms with van der Waals surface area (Å²) in [6.45, 7) is 1.64. The van der Waals surface area contributed by atoms with E-state index in [1.807, 2.05) is 6.92 Å². The number of aryl methyl sites for hydroxylation is 1. The fraction of sp³-hybridized carbons (Fsp3) is 0.304. The summed E-state index contributed by atoms with van der Waals surface area (Å²) in [5.41, 5.74) is 2.35. The number of sulfonamides is 1. The van der Waals surface area contributed by atoms with Crippen LogP contribution in [0, 0.1) is 18.8 Å². The van der Waals surface area contributed by atoms with Gasteiger partial charge in [-0.1, -0.05) is 41.7 Å². The Balaban J connectivity index is 2.01. The van der Waals surface area contributed by atoms with Gasteiger partial charge >= 0.3 is 5.97 Å². The van der Waals surface area contributed by atoms with Gasteiger partial charge in [-0.25, -0.2) is 13.2 Å². The van der Waals surface area contributed by atoms with Crippen LogP contribution in [0.15, 0.2) is 53.4 Å². The molecule has 170 valence electrons. The first-order valence-electron chi connectivity index (χ1n) is 9.75. The van der Waals surface area contributed by atoms with E-state index in [1.54, 1.807) is 43.5 Å². The van der Waals surface area contributed by atoms with Crippen LogP contribution in [-0.2, 0) is 30.8 Å². The molecular weight excluding hydrogens is 432 g/mol. The second-order valence-corrected chi connectivity index (χ2v) is 9.21. The maximum Gasteiger partial charge on any atom is 0.326 e. The Morgan fingerprint density at radius 1 is 1.12 bits per heavy atom. The second kappa shape index (κ2) is 11.4. The van der Waals surface area contributed by atoms with E-state index in [-0.39, 0.29) is 11.3 Å². The number of carbonyl (C=O) groups is 2. The van der Waals surface area contributed by atoms with Crippen molar-refractivity contribution in [2.45, 2.75) is 24.3 Å². The number of nitrogens with zero attached hydrogens (tertiary/aromatic N) is 1. The summed E-state index contributed by atoms with van der Waals surface area (Å²) in [7, 11) is -1.06. The maximum atomic E-state index is 12.6. The van der Waals surface area contributed by atoms with E-state index in [1.165, 1.54) is 19.2 Å². The van der Waals surface area contributed by atoms with Gasteiger partial charge in [-0.15, -0.1) is 0 Å². The number of methoxy groups -OCH3 is 1. The molecule has 0 aliphatic carbocycles. The van der Waals surface area contributed by atoms with Crippen molar-refractivity contribution in [3.05, 3.63) is 65.2 Å². The van der Waals surface area contributed by atoms with Crippen molar-refractivity contribution in [1.29, 1.82) is 0 Å². The molecule has 0 saturated carbocycles. The van der Waals surface area contributed by atoms with Crippen LogP contribution < -0.4 is 5.32 Å². The van der Waals surface area contributed by atoms with Crippen molar-refractivity contribution in [3.63, 3.8) is 0 Å². The molecule has 0 saturated heterocycles. The summed E-state index contributed by atoms with van der Waals surface area (Å²) in [6.07, 6.45) is 0.0429. The van der Waals surface area contributed by atoms with Crippen molar-refractivity contribution in [2.75, 3.05) is 27.3 Å². The molecule has 0 aliphatic heterocycles. The molecule has 0 radical (unpaired) electrons. The number of carboxylic acid groups (broad SMARTS) is 1. The lowest BCUT2D eigenvalue weighted by Gasteiger charge is -2.19. The summed E-state index contributed by atoms with van der Waals surface area (Å²) >= 11 is 0. The lowest BCUT2D eigenvalue weighted by atomic mass is 10.0. The van der Waals surface area contributed by atoms with E-state index < -0.39 is 34.5 Å². The molecule has 0 aromatic heterocycles. The first-order valence-corrected chi connectivity index (χ1v) is 11.2. The molecule has 2 rings (SSSR count). The summed E-state index contributed by atoms with van der Waals surface area (Å²) in [4.78, 5) is 24.1. The summed E-state index contributed by atoms with van der Waals surface area (Å²) in [5.74, 6) is 3.81. The Hall–Kier alpha value is -3.19. The molecule has 8 nitrogen and oxygen atoms in total. The third-order valence-electron chi connectivity index (χ3n) is 4.57. The number of nitrogens with one attached hydrogen (secondary N) is 1. The zero-order valence-corrected chi connectivity index (χ0v) is 19.0. The average Bonchev–Trinajstić information content (AvgIpc) is 2.74. The smallest absolute Gasteiger partial charge is 0.326 e. The van der Waals surface area contributed by atoms with Gasteiger partial charge < -0.3 is 15.2 Å². The van der Waals surface area contributed by atoms with Crippen LogP contribution in [0.1, 0.15) is 16.7 Å². The Morgan fingerprint density at radius 2 is 1.75 bits per heavy atom. The standard InChI is InChI=1S/C23H26N2O6S/c1-17-6-12-20(13-7-17)32(29,30)25(2)16-22(26)24-21(23(27)28)15-19-10-8-18(9-11-19)5-4-14-31-3/h6-13,21H,14-16H2,1-3H3,(H,24,26)(H,27,28). The molecule has 1 atom stereocenters. The highest BCUT2D eigenvalue weighted by atomic mass is 32.2. The Labute approximate surface area is 188 Å². The fourth-order valence-electron chi connectivity index (χ4n) is 2.79. The number of ether oxygens (including phenoxy) is 1. The minimum atomic E-state index is -3.88. The number of aliphatic carboxylic acids is 1. The van der Waals surface area contributed by atoms with Gasteiger partial charge in [0.25, 0.3) is 0 Å².